The van der Waals surface area contributed by atoms with Crippen LogP contribution in [0.4, 0.5) is 10.1 Å². The third-order valence-electron chi connectivity index (χ3n) is 11.0. The fraction of sp³-hybridized carbons (Fsp3) is 0.576. The predicted octanol–water partition coefficient (Wildman–Crippen LogP) is 5.76. The van der Waals surface area contributed by atoms with E-state index in [1.807, 2.05) is 13.0 Å². The number of carbonyl (C=O) groups excluding carboxylic acids is 2. The minimum absolute atomic E-state index is 0.000843. The van der Waals surface area contributed by atoms with Crippen LogP contribution in [-0.4, -0.2) is 39.4 Å². The molecule has 0 saturated heterocycles. The van der Waals surface area contributed by atoms with E-state index in [2.05, 4.69) is 13.0 Å². The number of ether oxygens (including phenoxy) is 1. The maximum absolute atomic E-state index is 13.8. The van der Waals surface area contributed by atoms with Gasteiger partial charge in [-0.2, -0.15) is 5.26 Å². The number of aliphatic hydroxyl groups is 1. The van der Waals surface area contributed by atoms with E-state index in [1.54, 1.807) is 18.3 Å². The minimum atomic E-state index is -1.34. The number of aliphatic imine (C=N–C) groups is 1. The molecule has 0 amide bonds. The Labute approximate surface area is 250 Å². The lowest BCUT2D eigenvalue weighted by Crippen LogP contribution is -2.62. The summed E-state index contributed by atoms with van der Waals surface area (Å²) in [5.41, 5.74) is 7.23. The Morgan fingerprint density at radius 1 is 1.24 bits per heavy atom. The van der Waals surface area contributed by atoms with E-state index >= 15 is 0 Å². The molecular formula is C33H38FN3O4S. The molecule has 42 heavy (non-hydrogen) atoms. The molecule has 5 aliphatic carbocycles. The maximum atomic E-state index is 13.8. The lowest BCUT2D eigenvalue weighted by atomic mass is 9.45. The van der Waals surface area contributed by atoms with Crippen molar-refractivity contribution in [2.45, 2.75) is 76.9 Å². The zero-order chi connectivity index (χ0) is 29.9. The van der Waals surface area contributed by atoms with Gasteiger partial charge >= 0.3 is 5.97 Å². The van der Waals surface area contributed by atoms with Crippen molar-refractivity contribution in [1.29, 1.82) is 5.26 Å². The average molecular weight is 592 g/mol. The van der Waals surface area contributed by atoms with Crippen LogP contribution >= 0.6 is 11.8 Å². The SMILES string of the molecule is C[C@]12CC(=CN)C(=Nc3ccc(F)cc3)C=C1CC[C@@H]1C2C(O)C[C@@]2(C)C1CC[C@]2(OC(=O)C1CC1)C(=O)SCC#N. The number of nitrogens with zero attached hydrogens (tertiary/aromatic N) is 2. The molecule has 1 aromatic carbocycles. The highest BCUT2D eigenvalue weighted by molar-refractivity contribution is 8.14. The highest BCUT2D eigenvalue weighted by atomic mass is 32.2. The third-order valence-corrected chi connectivity index (χ3v) is 11.9. The first-order valence-electron chi connectivity index (χ1n) is 15.0. The fourth-order valence-corrected chi connectivity index (χ4v) is 9.72. The van der Waals surface area contributed by atoms with E-state index in [0.29, 0.717) is 24.9 Å². The molecule has 7 nitrogen and oxygen atoms in total. The molecule has 3 unspecified atom stereocenters. The monoisotopic (exact) mass is 591 g/mol. The Bertz CT molecular complexity index is 1430. The first-order valence-corrected chi connectivity index (χ1v) is 16.0. The van der Waals surface area contributed by atoms with Crippen molar-refractivity contribution in [3.8, 4) is 6.07 Å². The molecule has 0 radical (unpaired) electrons. The van der Waals surface area contributed by atoms with Crippen LogP contribution < -0.4 is 5.73 Å². The van der Waals surface area contributed by atoms with Gasteiger partial charge in [0.2, 0.25) is 5.12 Å². The first-order chi connectivity index (χ1) is 20.1. The summed E-state index contributed by atoms with van der Waals surface area (Å²) in [4.78, 5) is 31.6. The second-order valence-electron chi connectivity index (χ2n) is 13.2. The van der Waals surface area contributed by atoms with E-state index in [9.17, 15) is 24.3 Å². The topological polar surface area (TPSA) is 126 Å². The van der Waals surface area contributed by atoms with Gasteiger partial charge < -0.3 is 15.6 Å². The standard InChI is InChI=1S/C33H38FN3O4S/c1-31-16-20(18-36)26(37-23-8-6-22(34)7-9-23)15-21(31)5-10-24-25-11-12-33(30(40)42-14-13-35,41-29(39)19-3-4-19)32(25,2)17-27(38)28(24)31/h6-9,15,18-19,24-25,27-28,38H,3-5,10-12,14,16-17,36H2,1-2H3/t24-,25?,27?,28?,31-,32-,33-/m0/s1. The first kappa shape index (κ1) is 29.1. The second kappa shape index (κ2) is 10.6. The number of fused-ring (bicyclic) bond motifs is 5. The number of carbonyl (C=O) groups is 2. The van der Waals surface area contributed by atoms with Gasteiger partial charge in [0.25, 0.3) is 0 Å². The molecule has 4 fully saturated rings. The van der Waals surface area contributed by atoms with Crippen molar-refractivity contribution >= 4 is 34.2 Å². The summed E-state index contributed by atoms with van der Waals surface area (Å²) in [7, 11) is 0. The molecule has 0 bridgehead atoms. The van der Waals surface area contributed by atoms with E-state index in [4.69, 9.17) is 15.5 Å². The molecular weight excluding hydrogens is 553 g/mol. The number of esters is 1. The highest BCUT2D eigenvalue weighted by Gasteiger charge is 2.71. The summed E-state index contributed by atoms with van der Waals surface area (Å²) < 4.78 is 19.7. The molecule has 5 aliphatic rings. The van der Waals surface area contributed by atoms with Crippen LogP contribution in [0.5, 0.6) is 0 Å². The van der Waals surface area contributed by atoms with Crippen molar-refractivity contribution < 1.29 is 23.8 Å². The number of hydrogen-bond donors (Lipinski definition) is 2. The van der Waals surface area contributed by atoms with Gasteiger partial charge in [0, 0.05) is 5.41 Å². The van der Waals surface area contributed by atoms with Gasteiger partial charge in [0.1, 0.15) is 5.82 Å². The zero-order valence-corrected chi connectivity index (χ0v) is 25.0. The molecule has 3 N–H and O–H groups in total. The van der Waals surface area contributed by atoms with Crippen LogP contribution in [0, 0.1) is 51.6 Å². The van der Waals surface area contributed by atoms with Crippen molar-refractivity contribution in [2.24, 2.45) is 45.2 Å². The number of thioether (sulfide) groups is 1. The number of aliphatic hydroxyl groups excluding tert-OH is 1. The van der Waals surface area contributed by atoms with Crippen LogP contribution in [0.3, 0.4) is 0 Å². The summed E-state index contributed by atoms with van der Waals surface area (Å²) in [6.07, 6.45) is 8.31. The van der Waals surface area contributed by atoms with Crippen LogP contribution in [0.15, 0.2) is 52.7 Å². The quantitative estimate of drug-likeness (QED) is 0.417. The Kier molecular flexibility index (Phi) is 7.38. The fourth-order valence-electron chi connectivity index (χ4n) is 8.91. The van der Waals surface area contributed by atoms with Gasteiger partial charge in [-0.1, -0.05) is 31.2 Å². The van der Waals surface area contributed by atoms with E-state index in [-0.39, 0.29) is 51.7 Å². The molecule has 7 atom stereocenters. The van der Waals surface area contributed by atoms with Gasteiger partial charge in [0.15, 0.2) is 5.60 Å². The van der Waals surface area contributed by atoms with E-state index in [0.717, 1.165) is 55.2 Å². The summed E-state index contributed by atoms with van der Waals surface area (Å²) >= 11 is 0.931. The number of rotatable bonds is 5. The molecule has 4 saturated carbocycles. The molecule has 222 valence electrons. The van der Waals surface area contributed by atoms with Crippen LogP contribution in [0.1, 0.15) is 65.2 Å². The van der Waals surface area contributed by atoms with Crippen LogP contribution in [0.2, 0.25) is 0 Å². The Morgan fingerprint density at radius 2 is 1.98 bits per heavy atom. The molecule has 1 aromatic rings. The highest BCUT2D eigenvalue weighted by Crippen LogP contribution is 2.69. The Hall–Kier alpha value is -2.96. The largest absolute Gasteiger partial charge is 0.449 e. The smallest absolute Gasteiger partial charge is 0.309 e. The summed E-state index contributed by atoms with van der Waals surface area (Å²) in [5, 5.41) is 20.9. The second-order valence-corrected chi connectivity index (χ2v) is 14.2. The Balaban J connectivity index is 1.35. The van der Waals surface area contributed by atoms with E-state index in [1.165, 1.54) is 17.7 Å². The van der Waals surface area contributed by atoms with Gasteiger partial charge in [0.05, 0.1) is 35.2 Å². The molecule has 0 heterocycles. The molecule has 0 aromatic heterocycles. The van der Waals surface area contributed by atoms with Crippen molar-refractivity contribution in [3.05, 3.63) is 53.5 Å². The lowest BCUT2D eigenvalue weighted by Gasteiger charge is -2.60. The zero-order valence-electron chi connectivity index (χ0n) is 24.1. The maximum Gasteiger partial charge on any atom is 0.309 e. The number of hydrogen-bond acceptors (Lipinski definition) is 8. The summed E-state index contributed by atoms with van der Waals surface area (Å²) in [6.45, 7) is 4.24. The van der Waals surface area contributed by atoms with Gasteiger partial charge in [-0.15, -0.1) is 0 Å². The van der Waals surface area contributed by atoms with Gasteiger partial charge in [-0.3, -0.25) is 9.59 Å². The predicted molar refractivity (Wildman–Crippen MR) is 159 cm³/mol. The molecule has 9 heteroatoms. The number of nitrogens with two attached hydrogens (primary N) is 1. The summed E-state index contributed by atoms with van der Waals surface area (Å²) in [6, 6.07) is 8.10. The number of allylic oxidation sites excluding steroid dienone is 3. The number of benzene rings is 1. The van der Waals surface area contributed by atoms with Crippen LogP contribution in [0.25, 0.3) is 0 Å². The minimum Gasteiger partial charge on any atom is -0.449 e. The number of halogens is 1. The van der Waals surface area contributed by atoms with E-state index < -0.39 is 17.1 Å². The molecule has 0 spiro atoms. The number of nitriles is 1. The van der Waals surface area contributed by atoms with Crippen molar-refractivity contribution in [2.75, 3.05) is 5.75 Å². The van der Waals surface area contributed by atoms with Crippen molar-refractivity contribution in [1.82, 2.24) is 0 Å². The molecule has 6 rings (SSSR count). The normalized spacial score (nSPS) is 39.1. The van der Waals surface area contributed by atoms with Gasteiger partial charge in [-0.25, -0.2) is 9.38 Å². The molecule has 0 aliphatic heterocycles. The van der Waals surface area contributed by atoms with Crippen molar-refractivity contribution in [3.63, 3.8) is 0 Å². The van der Waals surface area contributed by atoms with Gasteiger partial charge in [-0.05, 0) is 117 Å². The third kappa shape index (κ3) is 4.53. The van der Waals surface area contributed by atoms with Crippen LogP contribution in [-0.2, 0) is 14.3 Å². The Morgan fingerprint density at radius 3 is 2.64 bits per heavy atom. The average Bonchev–Trinajstić information content (AvgIpc) is 3.77. The lowest BCUT2D eigenvalue weighted by molar-refractivity contribution is -0.197. The summed E-state index contributed by atoms with van der Waals surface area (Å²) in [5.74, 6) is -0.640.